The number of fused-ring (bicyclic) bond motifs is 1. The minimum Gasteiger partial charge on any atom is -0.493 e. The number of morpholine rings is 1. The van der Waals surface area contributed by atoms with Gasteiger partial charge < -0.3 is 14.8 Å². The molecule has 1 N–H and O–H groups in total. The number of rotatable bonds is 5. The fourth-order valence-electron chi connectivity index (χ4n) is 3.41. The van der Waals surface area contributed by atoms with Crippen molar-refractivity contribution in [2.75, 3.05) is 46.0 Å². The van der Waals surface area contributed by atoms with Gasteiger partial charge in [0.25, 0.3) is 5.91 Å². The molecule has 5 nitrogen and oxygen atoms in total. The largest absolute Gasteiger partial charge is 0.493 e. The summed E-state index contributed by atoms with van der Waals surface area (Å²) in [4.78, 5) is 14.6. The number of nitrogens with one attached hydrogen (secondary N) is 1. The molecule has 0 saturated carbocycles. The Labute approximate surface area is 153 Å². The van der Waals surface area contributed by atoms with Crippen LogP contribution >= 0.6 is 0 Å². The van der Waals surface area contributed by atoms with Gasteiger partial charge in [0.1, 0.15) is 5.75 Å². The van der Waals surface area contributed by atoms with Crippen molar-refractivity contribution in [3.05, 3.63) is 53.6 Å². The van der Waals surface area contributed by atoms with Crippen LogP contribution in [0.4, 0.5) is 0 Å². The number of nitrogens with zero attached hydrogens (tertiary/aromatic N) is 1. The fraction of sp³-hybridized carbons (Fsp3) is 0.381. The molecule has 1 fully saturated rings. The summed E-state index contributed by atoms with van der Waals surface area (Å²) in [6.07, 6.45) is 0.985. The van der Waals surface area contributed by atoms with Crippen molar-refractivity contribution in [2.24, 2.45) is 0 Å². The van der Waals surface area contributed by atoms with Crippen LogP contribution in [0.15, 0.2) is 42.5 Å². The molecule has 2 heterocycles. The van der Waals surface area contributed by atoms with Gasteiger partial charge in [-0.25, -0.2) is 0 Å². The fourth-order valence-corrected chi connectivity index (χ4v) is 3.41. The van der Waals surface area contributed by atoms with Gasteiger partial charge in [-0.15, -0.1) is 0 Å². The maximum atomic E-state index is 12.3. The maximum Gasteiger partial charge on any atom is 0.251 e. The lowest BCUT2D eigenvalue weighted by Crippen LogP contribution is -2.41. The Kier molecular flexibility index (Phi) is 5.18. The van der Waals surface area contributed by atoms with Crippen LogP contribution in [0.2, 0.25) is 0 Å². The van der Waals surface area contributed by atoms with E-state index in [4.69, 9.17) is 9.47 Å². The first-order chi connectivity index (χ1) is 12.8. The number of hydrogen-bond donors (Lipinski definition) is 1. The molecule has 4 rings (SSSR count). The summed E-state index contributed by atoms with van der Waals surface area (Å²) >= 11 is 0. The highest BCUT2D eigenvalue weighted by atomic mass is 16.5. The first-order valence-electron chi connectivity index (χ1n) is 9.24. The summed E-state index contributed by atoms with van der Waals surface area (Å²) in [5, 5.41) is 3.00. The quantitative estimate of drug-likeness (QED) is 0.897. The summed E-state index contributed by atoms with van der Waals surface area (Å²) in [6.45, 7) is 5.73. The molecule has 0 unspecified atom stereocenters. The molecular formula is C21H24N2O3. The maximum absolute atomic E-state index is 12.3. The zero-order valence-electron chi connectivity index (χ0n) is 14.9. The summed E-state index contributed by atoms with van der Waals surface area (Å²) in [5.74, 6) is 0.953. The van der Waals surface area contributed by atoms with E-state index in [1.165, 1.54) is 5.56 Å². The average molecular weight is 352 g/mol. The van der Waals surface area contributed by atoms with Gasteiger partial charge in [0, 0.05) is 38.2 Å². The van der Waals surface area contributed by atoms with Crippen molar-refractivity contribution in [3.8, 4) is 16.9 Å². The highest BCUT2D eigenvalue weighted by Crippen LogP contribution is 2.31. The number of hydrogen-bond acceptors (Lipinski definition) is 4. The van der Waals surface area contributed by atoms with Crippen molar-refractivity contribution in [2.45, 2.75) is 6.42 Å². The summed E-state index contributed by atoms with van der Waals surface area (Å²) in [7, 11) is 0. The summed E-state index contributed by atoms with van der Waals surface area (Å²) in [6, 6.07) is 14.1. The predicted molar refractivity (Wildman–Crippen MR) is 101 cm³/mol. The smallest absolute Gasteiger partial charge is 0.251 e. The molecule has 5 heteroatoms. The van der Waals surface area contributed by atoms with Gasteiger partial charge in [0.05, 0.1) is 19.8 Å². The Bertz CT molecular complexity index is 767. The molecule has 0 aromatic heterocycles. The lowest BCUT2D eigenvalue weighted by atomic mass is 10.0. The Balaban J connectivity index is 1.34. The standard InChI is InChI=1S/C21H24N2O3/c24-21(22-8-9-23-10-13-25-14-11-23)18-4-1-16(2-5-18)19-6-3-17-7-12-26-20(17)15-19/h1-6,15H,7-14H2,(H,22,24). The molecule has 26 heavy (non-hydrogen) atoms. The number of benzene rings is 2. The molecule has 2 aliphatic rings. The van der Waals surface area contributed by atoms with Crippen molar-refractivity contribution < 1.29 is 14.3 Å². The van der Waals surface area contributed by atoms with Gasteiger partial charge in [-0.2, -0.15) is 0 Å². The van der Waals surface area contributed by atoms with Crippen LogP contribution in [0.3, 0.4) is 0 Å². The van der Waals surface area contributed by atoms with Gasteiger partial charge in [0.15, 0.2) is 0 Å². The third-order valence-electron chi connectivity index (χ3n) is 4.99. The van der Waals surface area contributed by atoms with Gasteiger partial charge in [-0.05, 0) is 34.9 Å². The minimum atomic E-state index is -0.0258. The van der Waals surface area contributed by atoms with E-state index in [9.17, 15) is 4.79 Å². The van der Waals surface area contributed by atoms with E-state index in [1.54, 1.807) is 0 Å². The molecule has 2 aliphatic heterocycles. The molecule has 0 radical (unpaired) electrons. The second kappa shape index (κ2) is 7.89. The van der Waals surface area contributed by atoms with E-state index >= 15 is 0 Å². The highest BCUT2D eigenvalue weighted by molar-refractivity contribution is 5.94. The van der Waals surface area contributed by atoms with Crippen LogP contribution in [-0.2, 0) is 11.2 Å². The number of carbonyl (C=O) groups excluding carboxylic acids is 1. The second-order valence-corrected chi connectivity index (χ2v) is 6.71. The molecule has 2 aromatic rings. The third kappa shape index (κ3) is 3.89. The lowest BCUT2D eigenvalue weighted by Gasteiger charge is -2.26. The molecule has 0 aliphatic carbocycles. The Morgan fingerprint density at radius 3 is 2.58 bits per heavy atom. The molecular weight excluding hydrogens is 328 g/mol. The first kappa shape index (κ1) is 17.1. The molecule has 0 atom stereocenters. The molecule has 136 valence electrons. The van der Waals surface area contributed by atoms with E-state index in [1.807, 2.05) is 24.3 Å². The van der Waals surface area contributed by atoms with Gasteiger partial charge in [0.2, 0.25) is 0 Å². The van der Waals surface area contributed by atoms with E-state index in [0.29, 0.717) is 12.1 Å². The van der Waals surface area contributed by atoms with Crippen LogP contribution < -0.4 is 10.1 Å². The zero-order valence-corrected chi connectivity index (χ0v) is 14.9. The molecule has 0 bridgehead atoms. The van der Waals surface area contributed by atoms with Crippen LogP contribution in [0.1, 0.15) is 15.9 Å². The first-order valence-corrected chi connectivity index (χ1v) is 9.24. The summed E-state index contributed by atoms with van der Waals surface area (Å²) < 4.78 is 11.0. The minimum absolute atomic E-state index is 0.0258. The lowest BCUT2D eigenvalue weighted by molar-refractivity contribution is 0.0383. The number of amides is 1. The molecule has 1 saturated heterocycles. The van der Waals surface area contributed by atoms with Gasteiger partial charge in [-0.1, -0.05) is 24.3 Å². The Morgan fingerprint density at radius 2 is 1.77 bits per heavy atom. The monoisotopic (exact) mass is 352 g/mol. The molecule has 2 aromatic carbocycles. The predicted octanol–water partition coefficient (Wildman–Crippen LogP) is 2.35. The number of ether oxygens (including phenoxy) is 2. The summed E-state index contributed by atoms with van der Waals surface area (Å²) in [5.41, 5.74) is 4.16. The average Bonchev–Trinajstić information content (AvgIpc) is 3.17. The van der Waals surface area contributed by atoms with Crippen molar-refractivity contribution >= 4 is 5.91 Å². The van der Waals surface area contributed by atoms with E-state index in [-0.39, 0.29) is 5.91 Å². The van der Waals surface area contributed by atoms with E-state index in [2.05, 4.69) is 28.4 Å². The normalized spacial score (nSPS) is 16.8. The highest BCUT2D eigenvalue weighted by Gasteiger charge is 2.13. The van der Waals surface area contributed by atoms with E-state index < -0.39 is 0 Å². The third-order valence-corrected chi connectivity index (χ3v) is 4.99. The Morgan fingerprint density at radius 1 is 1.00 bits per heavy atom. The van der Waals surface area contributed by atoms with Crippen LogP contribution in [0.5, 0.6) is 5.75 Å². The van der Waals surface area contributed by atoms with E-state index in [0.717, 1.165) is 62.8 Å². The van der Waals surface area contributed by atoms with Crippen LogP contribution in [-0.4, -0.2) is 56.8 Å². The van der Waals surface area contributed by atoms with Crippen LogP contribution in [0, 0.1) is 0 Å². The number of carbonyl (C=O) groups is 1. The topological polar surface area (TPSA) is 50.8 Å². The molecule has 1 amide bonds. The Hall–Kier alpha value is -2.37. The van der Waals surface area contributed by atoms with Gasteiger partial charge in [-0.3, -0.25) is 9.69 Å². The van der Waals surface area contributed by atoms with Crippen molar-refractivity contribution in [1.82, 2.24) is 10.2 Å². The second-order valence-electron chi connectivity index (χ2n) is 6.71. The van der Waals surface area contributed by atoms with Gasteiger partial charge >= 0.3 is 0 Å². The van der Waals surface area contributed by atoms with Crippen LogP contribution in [0.25, 0.3) is 11.1 Å². The SMILES string of the molecule is O=C(NCCN1CCOCC1)c1ccc(-c2ccc3c(c2)OCC3)cc1. The van der Waals surface area contributed by atoms with Crippen molar-refractivity contribution in [3.63, 3.8) is 0 Å². The van der Waals surface area contributed by atoms with Crippen molar-refractivity contribution in [1.29, 1.82) is 0 Å². The zero-order chi connectivity index (χ0) is 17.8. The molecule has 0 spiro atoms.